The molecule has 1 aromatic heterocycles. The Bertz CT molecular complexity index is 368. The highest BCUT2D eigenvalue weighted by Crippen LogP contribution is 2.10. The summed E-state index contributed by atoms with van der Waals surface area (Å²) < 4.78 is 6.76. The largest absolute Gasteiger partial charge is 0.450 e. The number of ether oxygens (including phenoxy) is 1. The summed E-state index contributed by atoms with van der Waals surface area (Å²) in [5.41, 5.74) is 0. The summed E-state index contributed by atoms with van der Waals surface area (Å²) in [6.45, 7) is 5.35. The van der Waals surface area contributed by atoms with E-state index in [1.54, 1.807) is 15.8 Å². The number of carbonyl (C=O) groups excluding carboxylic acids is 1. The molecule has 7 heteroatoms. The van der Waals surface area contributed by atoms with E-state index in [0.717, 1.165) is 32.6 Å². The second-order valence-corrected chi connectivity index (χ2v) is 4.25. The zero-order chi connectivity index (χ0) is 12.8. The van der Waals surface area contributed by atoms with Gasteiger partial charge in [0.15, 0.2) is 0 Å². The molecule has 1 aromatic rings. The van der Waals surface area contributed by atoms with E-state index in [0.29, 0.717) is 12.6 Å². The zero-order valence-corrected chi connectivity index (χ0v) is 10.6. The Hall–Kier alpha value is -1.63. The number of nitrogens with zero attached hydrogens (tertiary/aromatic N) is 4. The summed E-state index contributed by atoms with van der Waals surface area (Å²) in [5, 5.41) is 11.0. The lowest BCUT2D eigenvalue weighted by molar-refractivity contribution is 0.115. The van der Waals surface area contributed by atoms with Crippen LogP contribution in [0.5, 0.6) is 0 Å². The first-order chi connectivity index (χ1) is 8.79. The van der Waals surface area contributed by atoms with Crippen molar-refractivity contribution in [3.8, 4) is 0 Å². The van der Waals surface area contributed by atoms with Crippen molar-refractivity contribution in [1.82, 2.24) is 25.2 Å². The van der Waals surface area contributed by atoms with Gasteiger partial charge in [0.1, 0.15) is 0 Å². The first-order valence-electron chi connectivity index (χ1n) is 6.28. The van der Waals surface area contributed by atoms with E-state index in [-0.39, 0.29) is 6.09 Å². The van der Waals surface area contributed by atoms with Gasteiger partial charge in [-0.1, -0.05) is 5.21 Å². The number of rotatable bonds is 5. The molecule has 0 unspecified atom stereocenters. The molecule has 18 heavy (non-hydrogen) atoms. The number of hydrogen-bond acceptors (Lipinski definition) is 5. The molecule has 1 saturated heterocycles. The zero-order valence-electron chi connectivity index (χ0n) is 10.6. The van der Waals surface area contributed by atoms with Gasteiger partial charge >= 0.3 is 6.09 Å². The number of hydrogen-bond donors (Lipinski definition) is 1. The van der Waals surface area contributed by atoms with Gasteiger partial charge in [0.2, 0.25) is 0 Å². The van der Waals surface area contributed by atoms with Crippen LogP contribution in [-0.4, -0.2) is 58.3 Å². The van der Waals surface area contributed by atoms with Gasteiger partial charge in [0.25, 0.3) is 0 Å². The van der Waals surface area contributed by atoms with Crippen molar-refractivity contribution in [2.75, 3.05) is 26.2 Å². The minimum absolute atomic E-state index is 0.210. The monoisotopic (exact) mass is 253 g/mol. The second-order valence-electron chi connectivity index (χ2n) is 4.25. The molecule has 0 bridgehead atoms. The smallest absolute Gasteiger partial charge is 0.409 e. The number of carbonyl (C=O) groups is 1. The Labute approximate surface area is 106 Å². The highest BCUT2D eigenvalue weighted by molar-refractivity contribution is 5.68. The maximum atomic E-state index is 11.5. The maximum absolute atomic E-state index is 11.5. The lowest BCUT2D eigenvalue weighted by Crippen LogP contribution is -2.36. The molecule has 0 aromatic carbocycles. The molecule has 0 spiro atoms. The van der Waals surface area contributed by atoms with Crippen LogP contribution >= 0.6 is 0 Å². The summed E-state index contributed by atoms with van der Waals surface area (Å²) in [4.78, 5) is 13.3. The molecule has 7 nitrogen and oxygen atoms in total. The van der Waals surface area contributed by atoms with Crippen LogP contribution in [0.4, 0.5) is 4.79 Å². The van der Waals surface area contributed by atoms with Gasteiger partial charge < -0.3 is 15.0 Å². The minimum Gasteiger partial charge on any atom is -0.450 e. The molecule has 2 heterocycles. The van der Waals surface area contributed by atoms with E-state index >= 15 is 0 Å². The Balaban J connectivity index is 1.65. The predicted octanol–water partition coefficient (Wildman–Crippen LogP) is 0.0985. The normalized spacial score (nSPS) is 19.2. The lowest BCUT2D eigenvalue weighted by Gasteiger charge is -2.16. The van der Waals surface area contributed by atoms with Crippen molar-refractivity contribution in [2.24, 2.45) is 0 Å². The van der Waals surface area contributed by atoms with Crippen molar-refractivity contribution in [3.63, 3.8) is 0 Å². The molecule has 1 atom stereocenters. The Morgan fingerprint density at radius 2 is 2.50 bits per heavy atom. The highest BCUT2D eigenvalue weighted by atomic mass is 16.6. The fraction of sp³-hybridized carbons (Fsp3) is 0.727. The summed E-state index contributed by atoms with van der Waals surface area (Å²) >= 11 is 0. The van der Waals surface area contributed by atoms with Crippen LogP contribution in [0, 0.1) is 0 Å². The summed E-state index contributed by atoms with van der Waals surface area (Å²) in [5.74, 6) is 0. The van der Waals surface area contributed by atoms with Gasteiger partial charge in [-0.2, -0.15) is 0 Å². The fourth-order valence-corrected chi connectivity index (χ4v) is 2.04. The molecule has 1 aliphatic rings. The molecule has 2 rings (SSSR count). The molecular formula is C11H19N5O2. The molecule has 0 saturated carbocycles. The van der Waals surface area contributed by atoms with Crippen molar-refractivity contribution < 1.29 is 9.53 Å². The summed E-state index contributed by atoms with van der Waals surface area (Å²) in [6.07, 6.45) is 4.26. The van der Waals surface area contributed by atoms with Crippen LogP contribution in [0.1, 0.15) is 13.3 Å². The molecule has 1 aliphatic heterocycles. The molecule has 1 fully saturated rings. The van der Waals surface area contributed by atoms with Gasteiger partial charge in [0.05, 0.1) is 19.3 Å². The third kappa shape index (κ3) is 3.43. The van der Waals surface area contributed by atoms with Gasteiger partial charge in [-0.05, 0) is 13.3 Å². The second kappa shape index (κ2) is 6.34. The number of likely N-dealkylation sites (tertiary alicyclic amines) is 1. The highest BCUT2D eigenvalue weighted by Gasteiger charge is 2.26. The van der Waals surface area contributed by atoms with Crippen molar-refractivity contribution >= 4 is 6.09 Å². The molecule has 0 radical (unpaired) electrons. The van der Waals surface area contributed by atoms with Crippen molar-refractivity contribution in [1.29, 1.82) is 0 Å². The average molecular weight is 253 g/mol. The predicted molar refractivity (Wildman–Crippen MR) is 65.0 cm³/mol. The Morgan fingerprint density at radius 1 is 1.61 bits per heavy atom. The van der Waals surface area contributed by atoms with Gasteiger partial charge in [-0.15, -0.1) is 5.10 Å². The van der Waals surface area contributed by atoms with Crippen LogP contribution in [-0.2, 0) is 11.3 Å². The molecule has 0 aliphatic carbocycles. The van der Waals surface area contributed by atoms with Crippen LogP contribution in [0.25, 0.3) is 0 Å². The summed E-state index contributed by atoms with van der Waals surface area (Å²) in [6, 6.07) is 0.345. The van der Waals surface area contributed by atoms with Crippen LogP contribution < -0.4 is 5.32 Å². The number of nitrogens with one attached hydrogen (secondary N) is 1. The Kier molecular flexibility index (Phi) is 4.52. The average Bonchev–Trinajstić information content (AvgIpc) is 3.00. The standard InChI is InChI=1S/C11H19N5O2/c1-2-18-11(17)15-6-3-10(9-15)12-4-7-16-8-5-13-14-16/h5,8,10,12H,2-4,6-7,9H2,1H3/t10-/m0/s1. The topological polar surface area (TPSA) is 72.3 Å². The first-order valence-corrected chi connectivity index (χ1v) is 6.28. The fourth-order valence-electron chi connectivity index (χ4n) is 2.04. The third-order valence-corrected chi connectivity index (χ3v) is 2.96. The number of amides is 1. The molecule has 100 valence electrons. The SMILES string of the molecule is CCOC(=O)N1CC[C@H](NCCn2ccnn2)C1. The molecule has 1 N–H and O–H groups in total. The van der Waals surface area contributed by atoms with E-state index in [2.05, 4.69) is 15.6 Å². The van der Waals surface area contributed by atoms with E-state index in [1.807, 2.05) is 13.1 Å². The summed E-state index contributed by atoms with van der Waals surface area (Å²) in [7, 11) is 0. The number of aromatic nitrogens is 3. The molecular weight excluding hydrogens is 234 g/mol. The first kappa shape index (κ1) is 12.8. The Morgan fingerprint density at radius 3 is 3.22 bits per heavy atom. The van der Waals surface area contributed by atoms with E-state index in [4.69, 9.17) is 4.74 Å². The third-order valence-electron chi connectivity index (χ3n) is 2.96. The van der Waals surface area contributed by atoms with Crippen molar-refractivity contribution in [3.05, 3.63) is 12.4 Å². The van der Waals surface area contributed by atoms with Gasteiger partial charge in [-0.3, -0.25) is 4.68 Å². The maximum Gasteiger partial charge on any atom is 0.409 e. The van der Waals surface area contributed by atoms with Crippen LogP contribution in [0.2, 0.25) is 0 Å². The minimum atomic E-state index is -0.210. The van der Waals surface area contributed by atoms with Crippen LogP contribution in [0.15, 0.2) is 12.4 Å². The lowest BCUT2D eigenvalue weighted by atomic mass is 10.2. The van der Waals surface area contributed by atoms with Crippen molar-refractivity contribution in [2.45, 2.75) is 25.9 Å². The van der Waals surface area contributed by atoms with E-state index < -0.39 is 0 Å². The van der Waals surface area contributed by atoms with Crippen LogP contribution in [0.3, 0.4) is 0 Å². The quantitative estimate of drug-likeness (QED) is 0.805. The van der Waals surface area contributed by atoms with Gasteiger partial charge in [-0.25, -0.2) is 4.79 Å². The van der Waals surface area contributed by atoms with Gasteiger partial charge in [0, 0.05) is 31.9 Å². The van der Waals surface area contributed by atoms with E-state index in [1.165, 1.54) is 0 Å². The van der Waals surface area contributed by atoms with E-state index in [9.17, 15) is 4.79 Å². The molecule has 1 amide bonds.